The molecule has 1 amide bonds. The highest BCUT2D eigenvalue weighted by Crippen LogP contribution is 2.44. The van der Waals surface area contributed by atoms with Crippen LogP contribution in [0.5, 0.6) is 0 Å². The molecule has 0 saturated carbocycles. The number of hydrogen-bond donors (Lipinski definition) is 3. The van der Waals surface area contributed by atoms with E-state index in [4.69, 9.17) is 10.8 Å². The Labute approximate surface area is 148 Å². The number of aromatic nitrogens is 2. The fourth-order valence-electron chi connectivity index (χ4n) is 2.18. The van der Waals surface area contributed by atoms with E-state index in [-0.39, 0.29) is 16.2 Å². The zero-order valence-corrected chi connectivity index (χ0v) is 13.5. The average molecular weight is 382 g/mol. The van der Waals surface area contributed by atoms with Crippen molar-refractivity contribution in [2.75, 3.05) is 5.32 Å². The van der Waals surface area contributed by atoms with Crippen molar-refractivity contribution in [1.29, 1.82) is 0 Å². The summed E-state index contributed by atoms with van der Waals surface area (Å²) in [4.78, 5) is 30.4. The number of nitrogens with one attached hydrogen (secondary N) is 1. The van der Waals surface area contributed by atoms with E-state index in [1.54, 1.807) is 0 Å². The largest absolute Gasteiger partial charge is 0.478 e. The molecule has 1 aromatic carbocycles. The van der Waals surface area contributed by atoms with Gasteiger partial charge in [0.05, 0.1) is 16.3 Å². The number of fused-ring (bicyclic) bond motifs is 1. The summed E-state index contributed by atoms with van der Waals surface area (Å²) in [6.45, 7) is 0. The first-order valence-corrected chi connectivity index (χ1v) is 7.75. The van der Waals surface area contributed by atoms with Gasteiger partial charge in [-0.15, -0.1) is 0 Å². The minimum absolute atomic E-state index is 0.0234. The number of carboxylic acid groups (broad SMARTS) is 1. The zero-order chi connectivity index (χ0) is 19.1. The highest BCUT2D eigenvalue weighted by atomic mass is 32.2. The topological polar surface area (TPSA) is 118 Å². The lowest BCUT2D eigenvalue weighted by Gasteiger charge is -2.09. The van der Waals surface area contributed by atoms with E-state index < -0.39 is 29.6 Å². The Morgan fingerprint density at radius 2 is 1.96 bits per heavy atom. The van der Waals surface area contributed by atoms with Gasteiger partial charge >= 0.3 is 12.1 Å². The number of carboxylic acids is 1. The van der Waals surface area contributed by atoms with Gasteiger partial charge in [0.25, 0.3) is 5.91 Å². The summed E-state index contributed by atoms with van der Waals surface area (Å²) in [6.07, 6.45) is -3.83. The number of amides is 1. The highest BCUT2D eigenvalue weighted by molar-refractivity contribution is 8.04. The predicted molar refractivity (Wildman–Crippen MR) is 86.0 cm³/mol. The summed E-state index contributed by atoms with van der Waals surface area (Å²) >= 11 is 0.955. The number of alkyl halides is 3. The third-order valence-corrected chi connectivity index (χ3v) is 4.40. The number of nitrogens with zero attached hydrogens (tertiary/aromatic N) is 2. The molecule has 0 unspecified atom stereocenters. The second-order valence-corrected chi connectivity index (χ2v) is 6.13. The van der Waals surface area contributed by atoms with Crippen molar-refractivity contribution in [3.63, 3.8) is 0 Å². The predicted octanol–water partition coefficient (Wildman–Crippen LogP) is 2.57. The molecule has 134 valence electrons. The smallest absolute Gasteiger partial charge is 0.433 e. The second-order valence-electron chi connectivity index (χ2n) is 5.07. The van der Waals surface area contributed by atoms with Crippen LogP contribution in [0.4, 0.5) is 18.9 Å². The van der Waals surface area contributed by atoms with Crippen LogP contribution in [0.1, 0.15) is 21.9 Å². The molecule has 1 aliphatic rings. The number of hydrogen-bond acceptors (Lipinski definition) is 6. The Balaban J connectivity index is 2.07. The Kier molecular flexibility index (Phi) is 4.32. The fraction of sp³-hybridized carbons (Fsp3) is 0.0667. The van der Waals surface area contributed by atoms with Crippen molar-refractivity contribution >= 4 is 34.9 Å². The molecule has 3 rings (SSSR count). The van der Waals surface area contributed by atoms with E-state index in [0.29, 0.717) is 16.6 Å². The molecule has 4 N–H and O–H groups in total. The number of aromatic carboxylic acids is 1. The molecule has 0 atom stereocenters. The fourth-order valence-corrected chi connectivity index (χ4v) is 3.26. The molecular formula is C15H9F3N4O3S. The summed E-state index contributed by atoms with van der Waals surface area (Å²) in [5.74, 6) is -2.64. The highest BCUT2D eigenvalue weighted by Gasteiger charge is 2.34. The molecule has 0 radical (unpaired) electrons. The van der Waals surface area contributed by atoms with Crippen LogP contribution in [0.25, 0.3) is 5.57 Å². The van der Waals surface area contributed by atoms with Gasteiger partial charge in [0.2, 0.25) is 0 Å². The van der Waals surface area contributed by atoms with E-state index in [0.717, 1.165) is 18.0 Å². The number of benzene rings is 1. The van der Waals surface area contributed by atoms with Crippen LogP contribution in [0.15, 0.2) is 40.4 Å². The summed E-state index contributed by atoms with van der Waals surface area (Å²) in [5.41, 5.74) is 4.29. The van der Waals surface area contributed by atoms with Crippen molar-refractivity contribution in [1.82, 2.24) is 9.97 Å². The van der Waals surface area contributed by atoms with Crippen LogP contribution >= 0.6 is 11.8 Å². The first kappa shape index (κ1) is 17.7. The minimum Gasteiger partial charge on any atom is -0.478 e. The Morgan fingerprint density at radius 1 is 1.23 bits per heavy atom. The third kappa shape index (κ3) is 3.33. The number of rotatable bonds is 3. The van der Waals surface area contributed by atoms with Gasteiger partial charge in [0.15, 0.2) is 5.82 Å². The monoisotopic (exact) mass is 382 g/mol. The lowest BCUT2D eigenvalue weighted by atomic mass is 10.2. The van der Waals surface area contributed by atoms with E-state index in [1.165, 1.54) is 18.2 Å². The summed E-state index contributed by atoms with van der Waals surface area (Å²) in [6, 6.07) is 4.87. The Hall–Kier alpha value is -3.08. The first-order chi connectivity index (χ1) is 12.2. The molecule has 0 saturated heterocycles. The minimum atomic E-state index is -4.71. The summed E-state index contributed by atoms with van der Waals surface area (Å²) in [5, 5.41) is 12.0. The zero-order valence-electron chi connectivity index (χ0n) is 12.7. The third-order valence-electron chi connectivity index (χ3n) is 3.33. The number of thioether (sulfide) groups is 1. The van der Waals surface area contributed by atoms with Gasteiger partial charge in [0.1, 0.15) is 11.3 Å². The summed E-state index contributed by atoms with van der Waals surface area (Å²) < 4.78 is 38.5. The average Bonchev–Trinajstić information content (AvgIpc) is 2.96. The van der Waals surface area contributed by atoms with Crippen LogP contribution < -0.4 is 11.1 Å². The molecule has 2 aromatic rings. The molecule has 0 bridgehead atoms. The maximum absolute atomic E-state index is 12.8. The van der Waals surface area contributed by atoms with Crippen LogP contribution in [0.2, 0.25) is 0 Å². The molecular weight excluding hydrogens is 373 g/mol. The van der Waals surface area contributed by atoms with Gasteiger partial charge in [-0.25, -0.2) is 14.8 Å². The maximum Gasteiger partial charge on any atom is 0.433 e. The van der Waals surface area contributed by atoms with Gasteiger partial charge < -0.3 is 16.2 Å². The van der Waals surface area contributed by atoms with Crippen molar-refractivity contribution in [3.8, 4) is 0 Å². The quantitative estimate of drug-likeness (QED) is 0.698. The number of halogens is 3. The summed E-state index contributed by atoms with van der Waals surface area (Å²) in [7, 11) is 0. The first-order valence-electron chi connectivity index (χ1n) is 6.93. The molecule has 26 heavy (non-hydrogen) atoms. The van der Waals surface area contributed by atoms with Gasteiger partial charge in [-0.05, 0) is 24.3 Å². The maximum atomic E-state index is 12.8. The number of carbonyl (C=O) groups excluding carboxylic acids is 1. The van der Waals surface area contributed by atoms with Gasteiger partial charge in [-0.2, -0.15) is 13.2 Å². The lowest BCUT2D eigenvalue weighted by Crippen LogP contribution is -2.19. The van der Waals surface area contributed by atoms with Gasteiger partial charge in [0, 0.05) is 11.1 Å². The van der Waals surface area contributed by atoms with Crippen molar-refractivity contribution in [2.24, 2.45) is 5.73 Å². The van der Waals surface area contributed by atoms with Gasteiger partial charge in [-0.3, -0.25) is 4.79 Å². The molecule has 1 aromatic heterocycles. The van der Waals surface area contributed by atoms with Gasteiger partial charge in [-0.1, -0.05) is 11.8 Å². The van der Waals surface area contributed by atoms with Crippen LogP contribution in [-0.4, -0.2) is 27.0 Å². The Morgan fingerprint density at radius 3 is 2.58 bits per heavy atom. The molecule has 7 nitrogen and oxygen atoms in total. The van der Waals surface area contributed by atoms with E-state index in [9.17, 15) is 22.8 Å². The number of anilines is 1. The molecule has 11 heteroatoms. The van der Waals surface area contributed by atoms with Crippen molar-refractivity contribution in [3.05, 3.63) is 52.6 Å². The van der Waals surface area contributed by atoms with Crippen LogP contribution in [-0.2, 0) is 11.0 Å². The van der Waals surface area contributed by atoms with Crippen molar-refractivity contribution < 1.29 is 27.9 Å². The second kappa shape index (κ2) is 6.33. The van der Waals surface area contributed by atoms with Crippen LogP contribution in [0, 0.1) is 0 Å². The molecule has 1 aliphatic heterocycles. The van der Waals surface area contributed by atoms with E-state index in [2.05, 4.69) is 15.3 Å². The number of primary amides is 1. The Bertz CT molecular complexity index is 959. The molecule has 0 spiro atoms. The number of nitrogens with two attached hydrogens (primary N) is 1. The van der Waals surface area contributed by atoms with Crippen LogP contribution in [0.3, 0.4) is 0 Å². The molecule has 2 heterocycles. The molecule has 0 aliphatic carbocycles. The van der Waals surface area contributed by atoms with Crippen molar-refractivity contribution in [2.45, 2.75) is 11.1 Å². The normalized spacial score (nSPS) is 15.2. The SMILES string of the molecule is NC(=O)/C(=C1\Nc2ccc(C(=O)O)cc2S1)c1nccc(C(F)(F)F)n1. The standard InChI is InChI=1S/C15H9F3N4O3S/c16-15(17,18)9-3-4-20-12(22-9)10(11(19)23)13-21-7-2-1-6(14(24)25)5-8(7)26-13/h1-5,21H,(H2,19,23)(H,24,25)/b13-10-. The number of carbonyl (C=O) groups is 2. The lowest BCUT2D eigenvalue weighted by molar-refractivity contribution is -0.141. The molecule has 0 fully saturated rings. The van der Waals surface area contributed by atoms with E-state index >= 15 is 0 Å². The van der Waals surface area contributed by atoms with E-state index in [1.807, 2.05) is 0 Å².